The molecular formula is C17H25N5S. The largest absolute Gasteiger partial charge is 0.262 e. The van der Waals surface area contributed by atoms with E-state index in [9.17, 15) is 0 Å². The van der Waals surface area contributed by atoms with Crippen LogP contribution >= 0.6 is 11.8 Å². The Morgan fingerprint density at radius 3 is 2.74 bits per heavy atom. The lowest BCUT2D eigenvalue weighted by Gasteiger charge is -2.16. The van der Waals surface area contributed by atoms with Crippen LogP contribution in [0.2, 0.25) is 0 Å². The smallest absolute Gasteiger partial charge is 0.214 e. The van der Waals surface area contributed by atoms with Crippen molar-refractivity contribution in [1.82, 2.24) is 25.1 Å². The molecule has 0 bridgehead atoms. The lowest BCUT2D eigenvalue weighted by molar-refractivity contribution is 0.497. The molecule has 5 nitrogen and oxygen atoms in total. The van der Waals surface area contributed by atoms with E-state index in [4.69, 9.17) is 0 Å². The van der Waals surface area contributed by atoms with E-state index in [0.29, 0.717) is 0 Å². The minimum Gasteiger partial charge on any atom is -0.262 e. The summed E-state index contributed by atoms with van der Waals surface area (Å²) in [5, 5.41) is 9.02. The van der Waals surface area contributed by atoms with E-state index in [-0.39, 0.29) is 5.41 Å². The van der Waals surface area contributed by atoms with Crippen molar-refractivity contribution in [3.63, 3.8) is 0 Å². The molecule has 23 heavy (non-hydrogen) atoms. The molecule has 1 N–H and O–H groups in total. The van der Waals surface area contributed by atoms with Crippen molar-refractivity contribution >= 4 is 11.8 Å². The number of H-pyrrole nitrogens is 1. The highest BCUT2D eigenvalue weighted by molar-refractivity contribution is 7.99. The summed E-state index contributed by atoms with van der Waals surface area (Å²) in [5.41, 5.74) is -0.0536. The number of rotatable bonds is 5. The maximum Gasteiger partial charge on any atom is 0.214 e. The molecule has 1 saturated carbocycles. The monoisotopic (exact) mass is 331 g/mol. The second kappa shape index (κ2) is 6.99. The fourth-order valence-electron chi connectivity index (χ4n) is 2.93. The topological polar surface area (TPSA) is 67.3 Å². The average molecular weight is 331 g/mol. The van der Waals surface area contributed by atoms with Crippen molar-refractivity contribution < 1.29 is 0 Å². The number of aromatic nitrogens is 5. The molecule has 1 aliphatic rings. The Kier molecular flexibility index (Phi) is 4.99. The second-order valence-electron chi connectivity index (χ2n) is 7.32. The first-order valence-corrected chi connectivity index (χ1v) is 9.25. The molecule has 124 valence electrons. The van der Waals surface area contributed by atoms with Crippen LogP contribution in [-0.4, -0.2) is 25.1 Å². The first kappa shape index (κ1) is 16.4. The molecule has 2 aromatic rings. The SMILES string of the molecule is CC(C)(C)c1nccc(Sc2n[nH]c(CCC3CCCC3)n2)n1. The highest BCUT2D eigenvalue weighted by atomic mass is 32.2. The molecule has 1 aliphatic carbocycles. The number of nitrogens with one attached hydrogen (secondary N) is 1. The van der Waals surface area contributed by atoms with E-state index in [1.165, 1.54) is 43.9 Å². The summed E-state index contributed by atoms with van der Waals surface area (Å²) in [4.78, 5) is 13.6. The zero-order chi connectivity index (χ0) is 16.3. The van der Waals surface area contributed by atoms with Crippen molar-refractivity contribution in [2.24, 2.45) is 5.92 Å². The minimum atomic E-state index is -0.0536. The Morgan fingerprint density at radius 2 is 2.00 bits per heavy atom. The van der Waals surface area contributed by atoms with Crippen molar-refractivity contribution in [3.8, 4) is 0 Å². The third kappa shape index (κ3) is 4.53. The van der Waals surface area contributed by atoms with E-state index in [1.54, 1.807) is 0 Å². The van der Waals surface area contributed by atoms with Gasteiger partial charge in [-0.15, -0.1) is 5.10 Å². The number of hydrogen-bond donors (Lipinski definition) is 1. The molecule has 6 heteroatoms. The van der Waals surface area contributed by atoms with Gasteiger partial charge >= 0.3 is 0 Å². The lowest BCUT2D eigenvalue weighted by Crippen LogP contribution is -2.15. The van der Waals surface area contributed by atoms with Gasteiger partial charge in [0.25, 0.3) is 0 Å². The quantitative estimate of drug-likeness (QED) is 0.833. The van der Waals surface area contributed by atoms with Crippen LogP contribution < -0.4 is 0 Å². The Bertz CT molecular complexity index is 640. The van der Waals surface area contributed by atoms with E-state index >= 15 is 0 Å². The van der Waals surface area contributed by atoms with E-state index < -0.39 is 0 Å². The zero-order valence-electron chi connectivity index (χ0n) is 14.2. The molecular weight excluding hydrogens is 306 g/mol. The van der Waals surface area contributed by atoms with E-state index in [1.807, 2.05) is 12.3 Å². The van der Waals surface area contributed by atoms with Gasteiger partial charge in [-0.3, -0.25) is 5.10 Å². The molecule has 0 unspecified atom stereocenters. The van der Waals surface area contributed by atoms with E-state index in [2.05, 4.69) is 45.9 Å². The van der Waals surface area contributed by atoms with Gasteiger partial charge in [0.2, 0.25) is 5.16 Å². The van der Waals surface area contributed by atoms with Crippen LogP contribution in [0.25, 0.3) is 0 Å². The van der Waals surface area contributed by atoms with Gasteiger partial charge in [0.05, 0.1) is 0 Å². The predicted molar refractivity (Wildman–Crippen MR) is 91.5 cm³/mol. The van der Waals surface area contributed by atoms with Crippen LogP contribution in [0.5, 0.6) is 0 Å². The summed E-state index contributed by atoms with van der Waals surface area (Å²) < 4.78 is 0. The van der Waals surface area contributed by atoms with Gasteiger partial charge in [-0.25, -0.2) is 15.0 Å². The summed E-state index contributed by atoms with van der Waals surface area (Å²) in [6.07, 6.45) is 9.58. The fraction of sp³-hybridized carbons (Fsp3) is 0.647. The maximum absolute atomic E-state index is 4.62. The molecule has 3 rings (SSSR count). The Balaban J connectivity index is 1.60. The third-order valence-electron chi connectivity index (χ3n) is 4.27. The Hall–Kier alpha value is -1.43. The second-order valence-corrected chi connectivity index (χ2v) is 8.31. The number of aryl methyl sites for hydroxylation is 1. The number of nitrogens with zero attached hydrogens (tertiary/aromatic N) is 4. The van der Waals surface area contributed by atoms with Gasteiger partial charge in [0.15, 0.2) is 0 Å². The minimum absolute atomic E-state index is 0.0536. The first-order valence-electron chi connectivity index (χ1n) is 8.43. The molecule has 0 aliphatic heterocycles. The average Bonchev–Trinajstić information content (AvgIpc) is 3.16. The Morgan fingerprint density at radius 1 is 1.22 bits per heavy atom. The van der Waals surface area contributed by atoms with Gasteiger partial charge in [0.1, 0.15) is 16.7 Å². The van der Waals surface area contributed by atoms with Gasteiger partial charge in [-0.05, 0) is 30.2 Å². The standard InChI is InChI=1S/C17H25N5S/c1-17(2,3)15-18-11-10-14(20-15)23-16-19-13(21-22-16)9-8-12-6-4-5-7-12/h10-12H,4-9H2,1-3H3,(H,19,21,22). The molecule has 2 aromatic heterocycles. The molecule has 1 fully saturated rings. The molecule has 0 aromatic carbocycles. The highest BCUT2D eigenvalue weighted by Gasteiger charge is 2.18. The number of aromatic amines is 1. The molecule has 0 spiro atoms. The lowest BCUT2D eigenvalue weighted by atomic mass is 9.96. The molecule has 0 saturated heterocycles. The summed E-state index contributed by atoms with van der Waals surface area (Å²) in [6, 6.07) is 1.91. The van der Waals surface area contributed by atoms with Gasteiger partial charge in [-0.1, -0.05) is 46.5 Å². The zero-order valence-corrected chi connectivity index (χ0v) is 15.0. The fourth-order valence-corrected chi connectivity index (χ4v) is 3.62. The first-order chi connectivity index (χ1) is 11.0. The normalized spacial score (nSPS) is 16.1. The molecule has 0 amide bonds. The van der Waals surface area contributed by atoms with Crippen molar-refractivity contribution in [3.05, 3.63) is 23.9 Å². The maximum atomic E-state index is 4.62. The van der Waals surface area contributed by atoms with Gasteiger partial charge in [-0.2, -0.15) is 0 Å². The van der Waals surface area contributed by atoms with Crippen molar-refractivity contribution in [2.75, 3.05) is 0 Å². The molecule has 0 atom stereocenters. The summed E-state index contributed by atoms with van der Waals surface area (Å²) in [6.45, 7) is 6.35. The van der Waals surface area contributed by atoms with Gasteiger partial charge < -0.3 is 0 Å². The molecule has 0 radical (unpaired) electrons. The summed E-state index contributed by atoms with van der Waals surface area (Å²) in [7, 11) is 0. The van der Waals surface area contributed by atoms with Gasteiger partial charge in [0, 0.05) is 18.0 Å². The predicted octanol–water partition coefficient (Wildman–Crippen LogP) is 4.17. The Labute approximate surface area is 142 Å². The van der Waals surface area contributed by atoms with Crippen molar-refractivity contribution in [2.45, 2.75) is 74.9 Å². The highest BCUT2D eigenvalue weighted by Crippen LogP contribution is 2.29. The third-order valence-corrected chi connectivity index (χ3v) is 5.07. The molecule has 2 heterocycles. The van der Waals surface area contributed by atoms with E-state index in [0.717, 1.165) is 34.2 Å². The van der Waals surface area contributed by atoms with Crippen LogP contribution in [0.1, 0.15) is 64.5 Å². The van der Waals surface area contributed by atoms with Crippen LogP contribution in [0, 0.1) is 5.92 Å². The van der Waals surface area contributed by atoms with Crippen LogP contribution in [-0.2, 0) is 11.8 Å². The summed E-state index contributed by atoms with van der Waals surface area (Å²) in [5.74, 6) is 2.72. The van der Waals surface area contributed by atoms with Crippen LogP contribution in [0.3, 0.4) is 0 Å². The van der Waals surface area contributed by atoms with Crippen LogP contribution in [0.4, 0.5) is 0 Å². The number of hydrogen-bond acceptors (Lipinski definition) is 5. The van der Waals surface area contributed by atoms with Crippen LogP contribution in [0.15, 0.2) is 22.4 Å². The summed E-state index contributed by atoms with van der Waals surface area (Å²) >= 11 is 1.49. The van der Waals surface area contributed by atoms with Crippen molar-refractivity contribution in [1.29, 1.82) is 0 Å².